The fourth-order valence-electron chi connectivity index (χ4n) is 3.37. The van der Waals surface area contributed by atoms with E-state index in [1.807, 2.05) is 0 Å². The van der Waals surface area contributed by atoms with Crippen molar-refractivity contribution in [2.24, 2.45) is 0 Å². The van der Waals surface area contributed by atoms with Gasteiger partial charge in [0.25, 0.3) is 5.91 Å². The number of anilines is 1. The molecule has 1 heterocycles. The van der Waals surface area contributed by atoms with E-state index in [-0.39, 0.29) is 22.2 Å². The van der Waals surface area contributed by atoms with Crippen LogP contribution in [0.2, 0.25) is 0 Å². The molecule has 6 nitrogen and oxygen atoms in total. The smallest absolute Gasteiger partial charge is 0.366 e. The van der Waals surface area contributed by atoms with Crippen molar-refractivity contribution in [3.63, 3.8) is 0 Å². The highest BCUT2D eigenvalue weighted by Crippen LogP contribution is 2.29. The molecule has 0 aliphatic rings. The Morgan fingerprint density at radius 1 is 0.971 bits per heavy atom. The second-order valence-corrected chi connectivity index (χ2v) is 7.67. The SMILES string of the molecule is Cc1noc(=O)c2ccc(NC(=O)C(O)(C#Cc3ccc(C(F)(F)F)cc3)c3ccccc3)cc12. The zero-order valence-electron chi connectivity index (χ0n) is 18.2. The van der Waals surface area contributed by atoms with Crippen LogP contribution in [0.25, 0.3) is 10.8 Å². The van der Waals surface area contributed by atoms with Gasteiger partial charge in [-0.25, -0.2) is 4.79 Å². The molecule has 4 aromatic rings. The zero-order chi connectivity index (χ0) is 25.2. The number of rotatable bonds is 3. The van der Waals surface area contributed by atoms with Gasteiger partial charge in [-0.05, 0) is 55.3 Å². The summed E-state index contributed by atoms with van der Waals surface area (Å²) in [4.78, 5) is 25.1. The highest BCUT2D eigenvalue weighted by Gasteiger charge is 2.36. The number of aryl methyl sites for hydroxylation is 1. The standard InChI is InChI=1S/C26H17F3N2O4/c1-16-22-15-20(11-12-21(22)23(32)35-31-16)30-24(33)25(34,18-5-3-2-4-6-18)14-13-17-7-9-19(10-8-17)26(27,28)29/h2-12,15,34H,1H3,(H,30,33). The molecule has 3 aromatic carbocycles. The quantitative estimate of drug-likeness (QED) is 0.426. The van der Waals surface area contributed by atoms with Crippen molar-refractivity contribution >= 4 is 22.4 Å². The van der Waals surface area contributed by atoms with Crippen LogP contribution in [0.4, 0.5) is 18.9 Å². The molecule has 0 aliphatic heterocycles. The highest BCUT2D eigenvalue weighted by atomic mass is 19.4. The van der Waals surface area contributed by atoms with Crippen LogP contribution in [0.15, 0.2) is 82.1 Å². The number of halogens is 3. The Kier molecular flexibility index (Phi) is 6.16. The number of fused-ring (bicyclic) bond motifs is 1. The normalized spacial score (nSPS) is 12.9. The predicted octanol–water partition coefficient (Wildman–Crippen LogP) is 4.39. The lowest BCUT2D eigenvalue weighted by molar-refractivity contribution is -0.137. The Labute approximate surface area is 197 Å². The van der Waals surface area contributed by atoms with E-state index < -0.39 is 28.9 Å². The molecule has 4 rings (SSSR count). The summed E-state index contributed by atoms with van der Waals surface area (Å²) in [6, 6.07) is 16.4. The molecule has 0 saturated heterocycles. The number of aromatic nitrogens is 1. The van der Waals surface area contributed by atoms with Gasteiger partial charge in [-0.3, -0.25) is 4.79 Å². The van der Waals surface area contributed by atoms with Gasteiger partial charge in [0.1, 0.15) is 0 Å². The van der Waals surface area contributed by atoms with Crippen LogP contribution in [0.3, 0.4) is 0 Å². The van der Waals surface area contributed by atoms with Crippen LogP contribution in [-0.4, -0.2) is 16.2 Å². The number of benzene rings is 3. The molecule has 0 saturated carbocycles. The molecule has 2 N–H and O–H groups in total. The Morgan fingerprint density at radius 3 is 2.31 bits per heavy atom. The maximum absolute atomic E-state index is 13.2. The summed E-state index contributed by atoms with van der Waals surface area (Å²) >= 11 is 0. The summed E-state index contributed by atoms with van der Waals surface area (Å²) in [5.41, 5.74) is -2.77. The summed E-state index contributed by atoms with van der Waals surface area (Å²) in [5.74, 6) is 4.19. The average Bonchev–Trinajstić information content (AvgIpc) is 2.85. The average molecular weight is 478 g/mol. The maximum Gasteiger partial charge on any atom is 0.416 e. The lowest BCUT2D eigenvalue weighted by Crippen LogP contribution is -2.39. The van der Waals surface area contributed by atoms with Crippen molar-refractivity contribution in [3.8, 4) is 11.8 Å². The summed E-state index contributed by atoms with van der Waals surface area (Å²) in [6.45, 7) is 1.63. The van der Waals surface area contributed by atoms with Gasteiger partial charge >= 0.3 is 11.8 Å². The Morgan fingerprint density at radius 2 is 1.66 bits per heavy atom. The van der Waals surface area contributed by atoms with Gasteiger partial charge in [0.05, 0.1) is 16.6 Å². The number of carbonyl (C=O) groups excluding carboxylic acids is 1. The minimum atomic E-state index is -4.49. The topological polar surface area (TPSA) is 92.4 Å². The largest absolute Gasteiger partial charge is 0.416 e. The third-order valence-corrected chi connectivity index (χ3v) is 5.27. The van der Waals surface area contributed by atoms with Crippen molar-refractivity contribution in [1.82, 2.24) is 5.16 Å². The number of nitrogens with zero attached hydrogens (tertiary/aromatic N) is 1. The van der Waals surface area contributed by atoms with Crippen LogP contribution in [0, 0.1) is 18.8 Å². The number of hydrogen-bond acceptors (Lipinski definition) is 5. The Balaban J connectivity index is 1.70. The van der Waals surface area contributed by atoms with Crippen LogP contribution >= 0.6 is 0 Å². The summed E-state index contributed by atoms with van der Waals surface area (Å²) in [6.07, 6.45) is -4.49. The van der Waals surface area contributed by atoms with Gasteiger partial charge < -0.3 is 14.9 Å². The van der Waals surface area contributed by atoms with Crippen molar-refractivity contribution < 1.29 is 27.6 Å². The number of alkyl halides is 3. The molecule has 1 aromatic heterocycles. The van der Waals surface area contributed by atoms with E-state index in [1.54, 1.807) is 25.1 Å². The molecular weight excluding hydrogens is 461 g/mol. The van der Waals surface area contributed by atoms with Gasteiger partial charge in [-0.1, -0.05) is 41.4 Å². The molecule has 0 spiro atoms. The predicted molar refractivity (Wildman–Crippen MR) is 122 cm³/mol. The zero-order valence-corrected chi connectivity index (χ0v) is 18.2. The molecule has 1 unspecified atom stereocenters. The first-order valence-corrected chi connectivity index (χ1v) is 10.3. The molecular formula is C26H17F3N2O4. The minimum absolute atomic E-state index is 0.163. The summed E-state index contributed by atoms with van der Waals surface area (Å²) < 4.78 is 43.1. The molecule has 1 atom stereocenters. The van der Waals surface area contributed by atoms with E-state index in [0.29, 0.717) is 11.1 Å². The number of nitrogens with one attached hydrogen (secondary N) is 1. The van der Waals surface area contributed by atoms with E-state index in [0.717, 1.165) is 24.3 Å². The number of amides is 1. The molecule has 176 valence electrons. The fraction of sp³-hybridized carbons (Fsp3) is 0.115. The first-order chi connectivity index (χ1) is 16.6. The van der Waals surface area contributed by atoms with E-state index in [9.17, 15) is 27.9 Å². The van der Waals surface area contributed by atoms with Crippen molar-refractivity contribution in [2.75, 3.05) is 5.32 Å². The fourth-order valence-corrected chi connectivity index (χ4v) is 3.37. The Bertz CT molecular complexity index is 1520. The van der Waals surface area contributed by atoms with E-state index in [2.05, 4.69) is 22.3 Å². The van der Waals surface area contributed by atoms with Gasteiger partial charge in [0, 0.05) is 22.2 Å². The van der Waals surface area contributed by atoms with Crippen LogP contribution in [0.5, 0.6) is 0 Å². The second kappa shape index (κ2) is 9.08. The van der Waals surface area contributed by atoms with E-state index in [4.69, 9.17) is 4.52 Å². The molecule has 1 amide bonds. The van der Waals surface area contributed by atoms with Crippen molar-refractivity contribution in [2.45, 2.75) is 18.7 Å². The van der Waals surface area contributed by atoms with Crippen LogP contribution < -0.4 is 10.9 Å². The Hall–Kier alpha value is -4.42. The van der Waals surface area contributed by atoms with Gasteiger partial charge in [0.15, 0.2) is 0 Å². The minimum Gasteiger partial charge on any atom is -0.366 e. The van der Waals surface area contributed by atoms with Crippen molar-refractivity contribution in [1.29, 1.82) is 0 Å². The number of hydrogen-bond donors (Lipinski definition) is 2. The van der Waals surface area contributed by atoms with Crippen molar-refractivity contribution in [3.05, 3.63) is 106 Å². The molecule has 0 fully saturated rings. The van der Waals surface area contributed by atoms with Crippen LogP contribution in [0.1, 0.15) is 22.4 Å². The third kappa shape index (κ3) is 4.93. The molecule has 0 bridgehead atoms. The molecule has 35 heavy (non-hydrogen) atoms. The summed E-state index contributed by atoms with van der Waals surface area (Å²) in [5, 5.41) is 18.3. The third-order valence-electron chi connectivity index (χ3n) is 5.27. The first kappa shape index (κ1) is 23.7. The molecule has 9 heteroatoms. The van der Waals surface area contributed by atoms with E-state index >= 15 is 0 Å². The molecule has 0 aliphatic carbocycles. The number of carbonyl (C=O) groups is 1. The second-order valence-electron chi connectivity index (χ2n) is 7.67. The lowest BCUT2D eigenvalue weighted by atomic mass is 9.92. The van der Waals surface area contributed by atoms with Gasteiger partial charge in [0.2, 0.25) is 5.60 Å². The highest BCUT2D eigenvalue weighted by molar-refractivity contribution is 6.01. The van der Waals surface area contributed by atoms with Crippen LogP contribution in [-0.2, 0) is 16.6 Å². The number of aliphatic hydroxyl groups is 1. The monoisotopic (exact) mass is 478 g/mol. The maximum atomic E-state index is 13.2. The van der Waals surface area contributed by atoms with E-state index in [1.165, 1.54) is 30.3 Å². The van der Waals surface area contributed by atoms with Gasteiger partial charge in [-0.2, -0.15) is 13.2 Å². The molecule has 0 radical (unpaired) electrons. The lowest BCUT2D eigenvalue weighted by Gasteiger charge is -2.22. The van der Waals surface area contributed by atoms with Gasteiger partial charge in [-0.15, -0.1) is 0 Å². The summed E-state index contributed by atoms with van der Waals surface area (Å²) in [7, 11) is 0. The first-order valence-electron chi connectivity index (χ1n) is 10.3.